The van der Waals surface area contributed by atoms with Crippen molar-refractivity contribution in [2.24, 2.45) is 17.8 Å². The molecule has 2 saturated carbocycles. The molecule has 1 aromatic rings. The van der Waals surface area contributed by atoms with E-state index in [1.807, 2.05) is 13.8 Å². The Hall–Kier alpha value is -1.32. The Labute approximate surface area is 113 Å². The maximum absolute atomic E-state index is 12.1. The molecule has 104 valence electrons. The smallest absolute Gasteiger partial charge is 0.220 e. The van der Waals surface area contributed by atoms with Gasteiger partial charge in [-0.05, 0) is 57.3 Å². The first kappa shape index (κ1) is 12.7. The van der Waals surface area contributed by atoms with Gasteiger partial charge in [0.25, 0.3) is 0 Å². The molecule has 1 aromatic heterocycles. The van der Waals surface area contributed by atoms with Crippen molar-refractivity contribution in [3.63, 3.8) is 0 Å². The lowest BCUT2D eigenvalue weighted by Gasteiger charge is -2.14. The third kappa shape index (κ3) is 2.99. The minimum Gasteiger partial charge on any atom is -0.361 e. The van der Waals surface area contributed by atoms with Crippen molar-refractivity contribution < 1.29 is 9.32 Å². The number of amides is 1. The molecule has 2 aliphatic rings. The van der Waals surface area contributed by atoms with Gasteiger partial charge >= 0.3 is 0 Å². The molecule has 1 N–H and O–H groups in total. The van der Waals surface area contributed by atoms with E-state index in [4.69, 9.17) is 4.52 Å². The van der Waals surface area contributed by atoms with Crippen molar-refractivity contribution in [3.05, 3.63) is 17.0 Å². The van der Waals surface area contributed by atoms with E-state index < -0.39 is 0 Å². The predicted molar refractivity (Wildman–Crippen MR) is 71.4 cm³/mol. The highest BCUT2D eigenvalue weighted by atomic mass is 16.5. The van der Waals surface area contributed by atoms with Crippen molar-refractivity contribution in [3.8, 4) is 0 Å². The molecule has 0 bridgehead atoms. The van der Waals surface area contributed by atoms with Crippen LogP contribution in [-0.2, 0) is 11.3 Å². The number of carbonyl (C=O) groups is 1. The van der Waals surface area contributed by atoms with Crippen LogP contribution in [-0.4, -0.2) is 11.1 Å². The summed E-state index contributed by atoms with van der Waals surface area (Å²) in [5, 5.41) is 6.93. The van der Waals surface area contributed by atoms with Crippen molar-refractivity contribution in [2.45, 2.75) is 52.5 Å². The van der Waals surface area contributed by atoms with E-state index in [-0.39, 0.29) is 5.91 Å². The van der Waals surface area contributed by atoms with Gasteiger partial charge in [0.2, 0.25) is 5.91 Å². The van der Waals surface area contributed by atoms with E-state index in [9.17, 15) is 4.79 Å². The molecule has 0 atom stereocenters. The van der Waals surface area contributed by atoms with Crippen LogP contribution in [0.4, 0.5) is 0 Å². The molecule has 0 spiro atoms. The van der Waals surface area contributed by atoms with Gasteiger partial charge in [0, 0.05) is 18.5 Å². The van der Waals surface area contributed by atoms with Gasteiger partial charge in [-0.3, -0.25) is 4.79 Å². The number of rotatable bonds is 6. The molecule has 1 amide bonds. The van der Waals surface area contributed by atoms with Crippen molar-refractivity contribution in [2.75, 3.05) is 0 Å². The molecular formula is C15H22N2O2. The number of hydrogen-bond acceptors (Lipinski definition) is 3. The Kier molecular flexibility index (Phi) is 3.33. The van der Waals surface area contributed by atoms with Crippen LogP contribution >= 0.6 is 0 Å². The first-order chi connectivity index (χ1) is 9.15. The molecule has 4 heteroatoms. The van der Waals surface area contributed by atoms with Crippen LogP contribution in [0.2, 0.25) is 0 Å². The van der Waals surface area contributed by atoms with Crippen molar-refractivity contribution in [1.29, 1.82) is 0 Å². The molecule has 19 heavy (non-hydrogen) atoms. The summed E-state index contributed by atoms with van der Waals surface area (Å²) in [6.07, 6.45) is 6.03. The fourth-order valence-electron chi connectivity index (χ4n) is 2.99. The summed E-state index contributed by atoms with van der Waals surface area (Å²) >= 11 is 0. The predicted octanol–water partition coefficient (Wildman–Crippen LogP) is 2.73. The zero-order chi connectivity index (χ0) is 13.4. The summed E-state index contributed by atoms with van der Waals surface area (Å²) in [5.41, 5.74) is 1.89. The Morgan fingerprint density at radius 1 is 1.32 bits per heavy atom. The molecular weight excluding hydrogens is 240 g/mol. The van der Waals surface area contributed by atoms with E-state index in [1.54, 1.807) is 0 Å². The minimum atomic E-state index is 0.184. The topological polar surface area (TPSA) is 55.1 Å². The molecule has 2 fully saturated rings. The molecule has 0 aliphatic heterocycles. The number of hydrogen-bond donors (Lipinski definition) is 1. The van der Waals surface area contributed by atoms with Crippen LogP contribution in [0.25, 0.3) is 0 Å². The lowest BCUT2D eigenvalue weighted by molar-refractivity contribution is -0.122. The Morgan fingerprint density at radius 2 is 1.95 bits per heavy atom. The largest absolute Gasteiger partial charge is 0.361 e. The lowest BCUT2D eigenvalue weighted by Crippen LogP contribution is -2.26. The third-order valence-electron chi connectivity index (χ3n) is 4.52. The van der Waals surface area contributed by atoms with Gasteiger partial charge in [0.05, 0.1) is 5.69 Å². The van der Waals surface area contributed by atoms with E-state index in [1.165, 1.54) is 25.7 Å². The molecule has 0 aromatic carbocycles. The highest BCUT2D eigenvalue weighted by molar-refractivity contribution is 5.76. The van der Waals surface area contributed by atoms with Gasteiger partial charge in [-0.15, -0.1) is 0 Å². The van der Waals surface area contributed by atoms with E-state index in [0.29, 0.717) is 18.9 Å². The van der Waals surface area contributed by atoms with Crippen LogP contribution in [0.1, 0.15) is 49.1 Å². The molecule has 0 unspecified atom stereocenters. The molecule has 1 heterocycles. The molecule has 4 nitrogen and oxygen atoms in total. The summed E-state index contributed by atoms with van der Waals surface area (Å²) in [7, 11) is 0. The van der Waals surface area contributed by atoms with Gasteiger partial charge in [0.15, 0.2) is 0 Å². The van der Waals surface area contributed by atoms with Gasteiger partial charge in [-0.1, -0.05) is 5.16 Å². The summed E-state index contributed by atoms with van der Waals surface area (Å²) in [6.45, 7) is 4.34. The van der Waals surface area contributed by atoms with Crippen LogP contribution in [0, 0.1) is 31.6 Å². The number of nitrogens with zero attached hydrogens (tertiary/aromatic N) is 1. The average Bonchev–Trinajstić information content (AvgIpc) is 3.27. The highest BCUT2D eigenvalue weighted by Gasteiger charge is 2.42. The second kappa shape index (κ2) is 4.99. The van der Waals surface area contributed by atoms with Gasteiger partial charge in [-0.2, -0.15) is 0 Å². The van der Waals surface area contributed by atoms with E-state index >= 15 is 0 Å². The minimum absolute atomic E-state index is 0.184. The molecule has 0 saturated heterocycles. The van der Waals surface area contributed by atoms with Crippen molar-refractivity contribution in [1.82, 2.24) is 10.5 Å². The van der Waals surface area contributed by atoms with Gasteiger partial charge in [-0.25, -0.2) is 0 Å². The zero-order valence-corrected chi connectivity index (χ0v) is 11.7. The number of nitrogens with one attached hydrogen (secondary N) is 1. The Balaban J connectivity index is 1.51. The second-order valence-electron chi connectivity index (χ2n) is 6.12. The maximum atomic E-state index is 12.1. The summed E-state index contributed by atoms with van der Waals surface area (Å²) in [4.78, 5) is 12.1. The first-order valence-electron chi connectivity index (χ1n) is 7.33. The first-order valence-corrected chi connectivity index (χ1v) is 7.33. The zero-order valence-electron chi connectivity index (χ0n) is 11.7. The molecule has 2 aliphatic carbocycles. The van der Waals surface area contributed by atoms with E-state index in [2.05, 4.69) is 10.5 Å². The fourth-order valence-corrected chi connectivity index (χ4v) is 2.99. The summed E-state index contributed by atoms with van der Waals surface area (Å²) < 4.78 is 5.10. The highest BCUT2D eigenvalue weighted by Crippen LogP contribution is 2.50. The SMILES string of the molecule is Cc1noc(C)c1CNC(=O)CC(C1CC1)C1CC1. The van der Waals surface area contributed by atoms with Crippen LogP contribution in [0.5, 0.6) is 0 Å². The van der Waals surface area contributed by atoms with Crippen LogP contribution in [0.15, 0.2) is 4.52 Å². The average molecular weight is 262 g/mol. The fraction of sp³-hybridized carbons (Fsp3) is 0.733. The standard InChI is InChI=1S/C15H22N2O2/c1-9-14(10(2)19-17-9)8-16-15(18)7-13(11-3-4-11)12-5-6-12/h11-13H,3-8H2,1-2H3,(H,16,18). The lowest BCUT2D eigenvalue weighted by atomic mass is 9.94. The van der Waals surface area contributed by atoms with Gasteiger partial charge in [0.1, 0.15) is 5.76 Å². The number of aryl methyl sites for hydroxylation is 2. The molecule has 3 rings (SSSR count). The maximum Gasteiger partial charge on any atom is 0.220 e. The number of aromatic nitrogens is 1. The number of carbonyl (C=O) groups excluding carboxylic acids is 1. The Morgan fingerprint density at radius 3 is 2.42 bits per heavy atom. The molecule has 0 radical (unpaired) electrons. The normalized spacial score (nSPS) is 18.9. The Bertz CT molecular complexity index is 441. The summed E-state index contributed by atoms with van der Waals surface area (Å²) in [6, 6.07) is 0. The van der Waals surface area contributed by atoms with Crippen LogP contribution < -0.4 is 5.32 Å². The van der Waals surface area contributed by atoms with Crippen LogP contribution in [0.3, 0.4) is 0 Å². The summed E-state index contributed by atoms with van der Waals surface area (Å²) in [5.74, 6) is 3.29. The van der Waals surface area contributed by atoms with Gasteiger partial charge < -0.3 is 9.84 Å². The van der Waals surface area contributed by atoms with Crippen molar-refractivity contribution >= 4 is 5.91 Å². The monoisotopic (exact) mass is 262 g/mol. The third-order valence-corrected chi connectivity index (χ3v) is 4.52. The second-order valence-corrected chi connectivity index (χ2v) is 6.12. The van der Waals surface area contributed by atoms with E-state index in [0.717, 1.165) is 28.9 Å². The quantitative estimate of drug-likeness (QED) is 0.857.